The van der Waals surface area contributed by atoms with E-state index in [0.29, 0.717) is 29.2 Å². The number of halogens is 2. The lowest BCUT2D eigenvalue weighted by Gasteiger charge is -2.04. The van der Waals surface area contributed by atoms with E-state index in [2.05, 4.69) is 25.4 Å². The summed E-state index contributed by atoms with van der Waals surface area (Å²) in [5.74, 6) is 0.739. The first-order chi connectivity index (χ1) is 8.10. The Labute approximate surface area is 108 Å². The van der Waals surface area contributed by atoms with Gasteiger partial charge in [-0.3, -0.25) is 0 Å². The summed E-state index contributed by atoms with van der Waals surface area (Å²) in [4.78, 5) is 12.1. The minimum Gasteiger partial charge on any atom is -0.354 e. The van der Waals surface area contributed by atoms with Crippen LogP contribution in [0, 0.1) is 6.92 Å². The predicted molar refractivity (Wildman–Crippen MR) is 65.9 cm³/mol. The van der Waals surface area contributed by atoms with E-state index in [-0.39, 0.29) is 5.28 Å². The van der Waals surface area contributed by atoms with Crippen molar-refractivity contribution in [1.29, 1.82) is 0 Å². The van der Waals surface area contributed by atoms with Gasteiger partial charge in [0.2, 0.25) is 11.2 Å². The van der Waals surface area contributed by atoms with E-state index < -0.39 is 0 Å². The van der Waals surface area contributed by atoms with Gasteiger partial charge in [0, 0.05) is 6.54 Å². The van der Waals surface area contributed by atoms with Gasteiger partial charge in [-0.25, -0.2) is 4.68 Å². The quantitative estimate of drug-likeness (QED) is 0.927. The SMILES string of the molecule is CCNc1nc(Cl)nc(-n2cc(Cl)c(C)n2)n1. The summed E-state index contributed by atoms with van der Waals surface area (Å²) in [5, 5.41) is 7.78. The zero-order valence-corrected chi connectivity index (χ0v) is 10.8. The summed E-state index contributed by atoms with van der Waals surface area (Å²) >= 11 is 11.7. The largest absolute Gasteiger partial charge is 0.354 e. The van der Waals surface area contributed by atoms with Gasteiger partial charge in [0.15, 0.2) is 0 Å². The van der Waals surface area contributed by atoms with Gasteiger partial charge in [0.25, 0.3) is 5.95 Å². The fourth-order valence-electron chi connectivity index (χ4n) is 1.22. The zero-order valence-electron chi connectivity index (χ0n) is 9.28. The van der Waals surface area contributed by atoms with Crippen molar-refractivity contribution in [1.82, 2.24) is 24.7 Å². The topological polar surface area (TPSA) is 68.5 Å². The molecule has 90 valence electrons. The molecule has 0 bridgehead atoms. The predicted octanol–water partition coefficient (Wildman–Crippen LogP) is 2.10. The normalized spacial score (nSPS) is 10.6. The summed E-state index contributed by atoms with van der Waals surface area (Å²) in [6.07, 6.45) is 1.62. The van der Waals surface area contributed by atoms with E-state index in [0.717, 1.165) is 0 Å². The van der Waals surface area contributed by atoms with Gasteiger partial charge < -0.3 is 5.32 Å². The van der Waals surface area contributed by atoms with Crippen molar-refractivity contribution in [3.8, 4) is 5.95 Å². The van der Waals surface area contributed by atoms with Crippen LogP contribution < -0.4 is 5.32 Å². The van der Waals surface area contributed by atoms with E-state index >= 15 is 0 Å². The molecule has 0 amide bonds. The van der Waals surface area contributed by atoms with Crippen molar-refractivity contribution >= 4 is 29.2 Å². The molecule has 8 heteroatoms. The lowest BCUT2D eigenvalue weighted by atomic mass is 10.5. The van der Waals surface area contributed by atoms with Crippen LogP contribution in [0.4, 0.5) is 5.95 Å². The van der Waals surface area contributed by atoms with E-state index in [1.54, 1.807) is 13.1 Å². The molecule has 2 aromatic rings. The van der Waals surface area contributed by atoms with E-state index in [9.17, 15) is 0 Å². The molecule has 1 N–H and O–H groups in total. The summed E-state index contributed by atoms with van der Waals surface area (Å²) < 4.78 is 1.46. The average molecular weight is 273 g/mol. The van der Waals surface area contributed by atoms with Gasteiger partial charge in [0.1, 0.15) is 0 Å². The molecular weight excluding hydrogens is 263 g/mol. The molecule has 2 aromatic heterocycles. The fourth-order valence-corrected chi connectivity index (χ4v) is 1.51. The van der Waals surface area contributed by atoms with Gasteiger partial charge >= 0.3 is 0 Å². The smallest absolute Gasteiger partial charge is 0.256 e. The van der Waals surface area contributed by atoms with Crippen LogP contribution >= 0.6 is 23.2 Å². The number of nitrogens with zero attached hydrogens (tertiary/aromatic N) is 5. The Hall–Kier alpha value is -1.40. The minimum atomic E-state index is 0.107. The average Bonchev–Trinajstić information content (AvgIpc) is 2.59. The third kappa shape index (κ3) is 2.65. The molecule has 0 aromatic carbocycles. The van der Waals surface area contributed by atoms with Gasteiger partial charge in [-0.1, -0.05) is 11.6 Å². The first-order valence-electron chi connectivity index (χ1n) is 4.97. The maximum Gasteiger partial charge on any atom is 0.256 e. The van der Waals surface area contributed by atoms with Crippen LogP contribution in [0.3, 0.4) is 0 Å². The number of nitrogens with one attached hydrogen (secondary N) is 1. The molecule has 0 aliphatic rings. The Bertz CT molecular complexity index is 519. The van der Waals surface area contributed by atoms with Crippen LogP contribution in [0.15, 0.2) is 6.20 Å². The molecule has 6 nitrogen and oxygen atoms in total. The molecule has 0 spiro atoms. The Morgan fingerprint density at radius 1 is 1.29 bits per heavy atom. The highest BCUT2D eigenvalue weighted by Crippen LogP contribution is 2.15. The summed E-state index contributed by atoms with van der Waals surface area (Å²) in [6.45, 7) is 4.43. The Morgan fingerprint density at radius 3 is 2.65 bits per heavy atom. The Balaban J connectivity index is 2.44. The number of hydrogen-bond donors (Lipinski definition) is 1. The van der Waals surface area contributed by atoms with Gasteiger partial charge in [-0.2, -0.15) is 20.1 Å². The summed E-state index contributed by atoms with van der Waals surface area (Å²) in [7, 11) is 0. The van der Waals surface area contributed by atoms with Crippen molar-refractivity contribution in [3.05, 3.63) is 22.2 Å². The molecule has 0 saturated heterocycles. The molecule has 0 saturated carbocycles. The van der Waals surface area contributed by atoms with Gasteiger partial charge in [0.05, 0.1) is 16.9 Å². The van der Waals surface area contributed by atoms with Crippen molar-refractivity contribution < 1.29 is 0 Å². The molecule has 0 aliphatic heterocycles. The second kappa shape index (κ2) is 4.85. The number of rotatable bonds is 3. The molecule has 2 heterocycles. The summed E-state index contributed by atoms with van der Waals surface area (Å²) in [6, 6.07) is 0. The minimum absolute atomic E-state index is 0.107. The van der Waals surface area contributed by atoms with Crippen molar-refractivity contribution in [2.45, 2.75) is 13.8 Å². The highest BCUT2D eigenvalue weighted by molar-refractivity contribution is 6.31. The van der Waals surface area contributed by atoms with E-state index in [1.165, 1.54) is 4.68 Å². The first-order valence-corrected chi connectivity index (χ1v) is 5.73. The monoisotopic (exact) mass is 272 g/mol. The standard InChI is InChI=1S/C9H10Cl2N6/c1-3-12-8-13-7(11)14-9(15-8)17-4-6(10)5(2)16-17/h4H,3H2,1-2H3,(H,12,13,14,15). The number of anilines is 1. The number of aryl methyl sites for hydroxylation is 1. The van der Waals surface area contributed by atoms with E-state index in [1.807, 2.05) is 6.92 Å². The second-order valence-electron chi connectivity index (χ2n) is 3.27. The summed E-state index contributed by atoms with van der Waals surface area (Å²) in [5.41, 5.74) is 0.702. The van der Waals surface area contributed by atoms with Crippen molar-refractivity contribution in [2.75, 3.05) is 11.9 Å². The third-order valence-corrected chi connectivity index (χ3v) is 2.52. The molecule has 0 atom stereocenters. The Morgan fingerprint density at radius 2 is 2.06 bits per heavy atom. The fraction of sp³-hybridized carbons (Fsp3) is 0.333. The molecule has 17 heavy (non-hydrogen) atoms. The molecule has 2 rings (SSSR count). The van der Waals surface area contributed by atoms with E-state index in [4.69, 9.17) is 23.2 Å². The molecule has 0 fully saturated rings. The van der Waals surface area contributed by atoms with Crippen LogP contribution in [0.5, 0.6) is 0 Å². The maximum absolute atomic E-state index is 5.92. The highest BCUT2D eigenvalue weighted by atomic mass is 35.5. The van der Waals surface area contributed by atoms with Gasteiger partial charge in [-0.05, 0) is 25.4 Å². The zero-order chi connectivity index (χ0) is 12.4. The second-order valence-corrected chi connectivity index (χ2v) is 4.01. The molecule has 0 unspecified atom stereocenters. The lowest BCUT2D eigenvalue weighted by molar-refractivity contribution is 0.786. The van der Waals surface area contributed by atoms with Crippen LogP contribution in [-0.4, -0.2) is 31.3 Å². The van der Waals surface area contributed by atoms with Gasteiger partial charge in [-0.15, -0.1) is 0 Å². The Kier molecular flexibility index (Phi) is 3.44. The van der Waals surface area contributed by atoms with Crippen LogP contribution in [-0.2, 0) is 0 Å². The van der Waals surface area contributed by atoms with Crippen molar-refractivity contribution in [2.24, 2.45) is 0 Å². The van der Waals surface area contributed by atoms with Crippen LogP contribution in [0.2, 0.25) is 10.3 Å². The lowest BCUT2D eigenvalue weighted by Crippen LogP contribution is -2.09. The first kappa shape index (κ1) is 12.1. The number of hydrogen-bond acceptors (Lipinski definition) is 5. The van der Waals surface area contributed by atoms with Crippen molar-refractivity contribution in [3.63, 3.8) is 0 Å². The third-order valence-electron chi connectivity index (χ3n) is 1.98. The highest BCUT2D eigenvalue weighted by Gasteiger charge is 2.09. The molecular formula is C9H10Cl2N6. The molecule has 0 aliphatic carbocycles. The number of aromatic nitrogens is 5. The van der Waals surface area contributed by atoms with Crippen LogP contribution in [0.25, 0.3) is 5.95 Å². The maximum atomic E-state index is 5.92. The molecule has 0 radical (unpaired) electrons. The van der Waals surface area contributed by atoms with Crippen LogP contribution in [0.1, 0.15) is 12.6 Å².